The van der Waals surface area contributed by atoms with Crippen LogP contribution in [0, 0.1) is 5.82 Å². The molecule has 0 fully saturated rings. The third-order valence-electron chi connectivity index (χ3n) is 1.43. The van der Waals surface area contributed by atoms with Gasteiger partial charge in [0.1, 0.15) is 0 Å². The van der Waals surface area contributed by atoms with Gasteiger partial charge in [0, 0.05) is 40.2 Å². The van der Waals surface area contributed by atoms with Gasteiger partial charge in [0.25, 0.3) is 0 Å². The maximum atomic E-state index is 12.1. The van der Waals surface area contributed by atoms with E-state index in [1.807, 2.05) is 0 Å². The van der Waals surface area contributed by atoms with E-state index in [2.05, 4.69) is 14.0 Å². The van der Waals surface area contributed by atoms with Crippen LogP contribution in [-0.4, -0.2) is 52.6 Å². The zero-order valence-electron chi connectivity index (χ0n) is 9.94. The second kappa shape index (κ2) is 11.0. The van der Waals surface area contributed by atoms with Crippen molar-refractivity contribution >= 4 is 26.2 Å². The fourth-order valence-electron chi connectivity index (χ4n) is 0.740. The van der Waals surface area contributed by atoms with Gasteiger partial charge in [-0.3, -0.25) is 0 Å². The molecule has 1 aromatic carbocycles. The summed E-state index contributed by atoms with van der Waals surface area (Å²) in [6.07, 6.45) is 0. The molecule has 0 bridgehead atoms. The minimum atomic E-state index is -0.576. The van der Waals surface area contributed by atoms with Crippen LogP contribution < -0.4 is 0 Å². The van der Waals surface area contributed by atoms with Crippen molar-refractivity contribution in [3.8, 4) is 5.75 Å². The maximum Gasteiger partial charge on any atom is 0.638 e. The Morgan fingerprint density at radius 3 is 1.69 bits per heavy atom. The number of rotatable bonds is 3. The molecule has 0 saturated heterocycles. The summed E-state index contributed by atoms with van der Waals surface area (Å²) in [4.78, 5) is 0. The number of phenols is 1. The van der Waals surface area contributed by atoms with E-state index in [9.17, 15) is 4.39 Å². The fraction of sp³-hybridized carbons (Fsp3) is 0.333. The molecule has 4 nitrogen and oxygen atoms in total. The molecule has 0 amide bonds. The zero-order chi connectivity index (χ0) is 11.7. The summed E-state index contributed by atoms with van der Waals surface area (Å²) in [7, 11) is 4.02. The van der Waals surface area contributed by atoms with Crippen molar-refractivity contribution in [3.63, 3.8) is 0 Å². The average molecular weight is 223 g/mol. The van der Waals surface area contributed by atoms with Crippen LogP contribution in [0.5, 0.6) is 5.75 Å². The average Bonchev–Trinajstić information content (AvgIpc) is 2.26. The summed E-state index contributed by atoms with van der Waals surface area (Å²) in [5.41, 5.74) is 0. The smallest absolute Gasteiger partial charge is 0.505 e. The molecule has 0 unspecified atom stereocenters. The van der Waals surface area contributed by atoms with Crippen LogP contribution in [0.2, 0.25) is 0 Å². The Labute approximate surface area is 107 Å². The molecule has 1 N–H and O–H groups in total. The third-order valence-corrected chi connectivity index (χ3v) is 1.43. The first-order valence-electron chi connectivity index (χ1n) is 4.17. The first-order chi connectivity index (χ1) is 7.15. The summed E-state index contributed by atoms with van der Waals surface area (Å²) in [5.74, 6) is -0.875. The first-order valence-corrected chi connectivity index (χ1v) is 4.17. The van der Waals surface area contributed by atoms with Crippen molar-refractivity contribution in [1.82, 2.24) is 0 Å². The van der Waals surface area contributed by atoms with E-state index < -0.39 is 13.1 Å². The summed E-state index contributed by atoms with van der Waals surface area (Å²) in [6, 6.07) is 5.60. The molecule has 0 aromatic heterocycles. The second-order valence-electron chi connectivity index (χ2n) is 2.45. The van der Waals surface area contributed by atoms with E-state index in [-0.39, 0.29) is 24.6 Å². The van der Waals surface area contributed by atoms with Gasteiger partial charge in [0.05, 0.1) is 0 Å². The van der Waals surface area contributed by atoms with Crippen molar-refractivity contribution in [1.29, 1.82) is 0 Å². The molecule has 1 radical (unpaired) electrons. The Morgan fingerprint density at radius 2 is 1.50 bits per heavy atom. The fourth-order valence-corrected chi connectivity index (χ4v) is 0.740. The van der Waals surface area contributed by atoms with Crippen molar-refractivity contribution in [2.75, 3.05) is 21.3 Å². The summed E-state index contributed by atoms with van der Waals surface area (Å²) < 4.78 is 25.9. The summed E-state index contributed by atoms with van der Waals surface area (Å²) in [6.45, 7) is 0. The van der Waals surface area contributed by atoms with Crippen LogP contribution >= 0.6 is 0 Å². The molecule has 85 valence electrons. The van der Waals surface area contributed by atoms with Crippen molar-refractivity contribution < 1.29 is 23.5 Å². The van der Waals surface area contributed by atoms with Gasteiger partial charge in [-0.2, -0.15) is 0 Å². The second-order valence-corrected chi connectivity index (χ2v) is 2.45. The Hall–Kier alpha value is -0.508. The molecular weight excluding hydrogens is 209 g/mol. The van der Waals surface area contributed by atoms with Crippen LogP contribution in [0.15, 0.2) is 24.3 Å². The van der Waals surface area contributed by atoms with Gasteiger partial charge in [-0.1, -0.05) is 12.1 Å². The van der Waals surface area contributed by atoms with Crippen LogP contribution in [0.25, 0.3) is 0 Å². The van der Waals surface area contributed by atoms with E-state index in [0.717, 1.165) is 0 Å². The normalized spacial score (nSPS) is 8.50. The summed E-state index contributed by atoms with van der Waals surface area (Å²) >= 11 is 0. The molecule has 0 aliphatic heterocycles. The number of hydrogen-bond donors (Lipinski definition) is 1. The SMILES string of the molecule is COB(OC)OC.Oc1ccccc1F.[Li]. The Balaban J connectivity index is 0. The van der Waals surface area contributed by atoms with E-state index in [4.69, 9.17) is 5.11 Å². The Kier molecular flexibility index (Phi) is 12.3. The zero-order valence-corrected chi connectivity index (χ0v) is 9.94. The predicted molar refractivity (Wildman–Crippen MR) is 60.6 cm³/mol. The Morgan fingerprint density at radius 1 is 1.06 bits per heavy atom. The van der Waals surface area contributed by atoms with Gasteiger partial charge in [-0.15, -0.1) is 0 Å². The Bertz CT molecular complexity index is 247. The first kappa shape index (κ1) is 17.9. The molecule has 0 heterocycles. The van der Waals surface area contributed by atoms with Crippen molar-refractivity contribution in [2.45, 2.75) is 0 Å². The van der Waals surface area contributed by atoms with Gasteiger partial charge in [0.15, 0.2) is 11.6 Å². The standard InChI is InChI=1S/C6H5FO.C3H9BO3.Li/c7-5-3-1-2-4-6(5)8;1-5-4(6-2)7-3;/h1-4,8H;1-3H3;. The third kappa shape index (κ3) is 7.74. The van der Waals surface area contributed by atoms with Crippen molar-refractivity contribution in [2.24, 2.45) is 0 Å². The number of aromatic hydroxyl groups is 1. The largest absolute Gasteiger partial charge is 0.638 e. The molecule has 0 saturated carbocycles. The molecule has 0 spiro atoms. The van der Waals surface area contributed by atoms with E-state index in [1.165, 1.54) is 39.5 Å². The monoisotopic (exact) mass is 223 g/mol. The van der Waals surface area contributed by atoms with Crippen LogP contribution in [0.1, 0.15) is 0 Å². The summed E-state index contributed by atoms with van der Waals surface area (Å²) in [5, 5.41) is 8.54. The molecule has 1 rings (SSSR count). The van der Waals surface area contributed by atoms with Gasteiger partial charge < -0.3 is 19.1 Å². The van der Waals surface area contributed by atoms with E-state index in [1.54, 1.807) is 6.07 Å². The van der Waals surface area contributed by atoms with E-state index >= 15 is 0 Å². The quantitative estimate of drug-likeness (QED) is 0.778. The minimum absolute atomic E-state index is 0. The number of benzene rings is 1. The molecule has 0 aliphatic carbocycles. The van der Waals surface area contributed by atoms with Gasteiger partial charge in [-0.25, -0.2) is 4.39 Å². The number of para-hydroxylation sites is 1. The number of phenolic OH excluding ortho intramolecular Hbond substituents is 1. The van der Waals surface area contributed by atoms with Crippen LogP contribution in [-0.2, 0) is 14.0 Å². The van der Waals surface area contributed by atoms with Gasteiger partial charge >= 0.3 is 7.32 Å². The molecular formula is C9H14BFLiO4. The van der Waals surface area contributed by atoms with Crippen molar-refractivity contribution in [3.05, 3.63) is 30.1 Å². The van der Waals surface area contributed by atoms with Gasteiger partial charge in [0.2, 0.25) is 0 Å². The van der Waals surface area contributed by atoms with Crippen LogP contribution in [0.4, 0.5) is 4.39 Å². The molecule has 0 aliphatic rings. The number of halogens is 1. The molecule has 16 heavy (non-hydrogen) atoms. The van der Waals surface area contributed by atoms with Gasteiger partial charge in [-0.05, 0) is 12.1 Å². The maximum absolute atomic E-state index is 12.1. The molecule has 1 aromatic rings. The minimum Gasteiger partial charge on any atom is -0.505 e. The predicted octanol–water partition coefficient (Wildman–Crippen LogP) is 1.06. The van der Waals surface area contributed by atoms with E-state index in [0.29, 0.717) is 0 Å². The molecule has 0 atom stereocenters. The van der Waals surface area contributed by atoms with Crippen LogP contribution in [0.3, 0.4) is 0 Å². The topological polar surface area (TPSA) is 47.9 Å². The number of hydrogen-bond acceptors (Lipinski definition) is 4. The molecule has 7 heteroatoms.